The highest BCUT2D eigenvalue weighted by molar-refractivity contribution is 5.45. The fourth-order valence-corrected chi connectivity index (χ4v) is 3.62. The topological polar surface area (TPSA) is 18.5 Å². The van der Waals surface area contributed by atoms with Crippen molar-refractivity contribution in [1.82, 2.24) is 0 Å². The largest absolute Gasteiger partial charge is 0.378 e. The van der Waals surface area contributed by atoms with Gasteiger partial charge in [0.25, 0.3) is 0 Å². The summed E-state index contributed by atoms with van der Waals surface area (Å²) in [5.74, 6) is 1.00. The molecule has 2 bridgehead atoms. The smallest absolute Gasteiger partial charge is 0.0737 e. The van der Waals surface area contributed by atoms with Gasteiger partial charge in [0.1, 0.15) is 0 Å². The van der Waals surface area contributed by atoms with Crippen LogP contribution in [0.2, 0.25) is 0 Å². The summed E-state index contributed by atoms with van der Waals surface area (Å²) in [5, 5.41) is 0. The lowest BCUT2D eigenvalue weighted by molar-refractivity contribution is 0.0138. The second kappa shape index (κ2) is 4.43. The first-order valence-electron chi connectivity index (χ1n) is 6.68. The van der Waals surface area contributed by atoms with Gasteiger partial charge in [-0.1, -0.05) is 24.3 Å². The molecule has 2 aliphatic rings. The monoisotopic (exact) mass is 232 g/mol. The molecule has 3 rings (SSSR count). The minimum atomic E-state index is 0.342. The van der Waals surface area contributed by atoms with E-state index >= 15 is 0 Å². The fraction of sp³-hybridized carbons (Fsp3) is 0.600. The second-order valence-corrected chi connectivity index (χ2v) is 4.91. The molecule has 4 atom stereocenters. The van der Waals surface area contributed by atoms with Crippen LogP contribution in [-0.4, -0.2) is 25.4 Å². The van der Waals surface area contributed by atoms with Crippen molar-refractivity contribution in [3.05, 3.63) is 35.4 Å². The molecule has 0 aliphatic heterocycles. The number of hydrogen-bond donors (Lipinski definition) is 0. The van der Waals surface area contributed by atoms with Gasteiger partial charge in [-0.05, 0) is 31.4 Å². The molecule has 0 heterocycles. The van der Waals surface area contributed by atoms with Crippen molar-refractivity contribution in [2.75, 3.05) is 13.2 Å². The average Bonchev–Trinajstić information content (AvgIpc) is 2.83. The Morgan fingerprint density at radius 1 is 1.06 bits per heavy atom. The van der Waals surface area contributed by atoms with Gasteiger partial charge in [0, 0.05) is 25.0 Å². The summed E-state index contributed by atoms with van der Waals surface area (Å²) in [7, 11) is 0. The molecule has 92 valence electrons. The van der Waals surface area contributed by atoms with Gasteiger partial charge in [0.15, 0.2) is 0 Å². The van der Waals surface area contributed by atoms with E-state index in [-0.39, 0.29) is 0 Å². The van der Waals surface area contributed by atoms with Crippen LogP contribution in [0.15, 0.2) is 24.3 Å². The fourth-order valence-electron chi connectivity index (χ4n) is 3.62. The Morgan fingerprint density at radius 2 is 1.76 bits per heavy atom. The van der Waals surface area contributed by atoms with Crippen LogP contribution in [0.5, 0.6) is 0 Å². The Bertz CT molecular complexity index is 402. The number of benzene rings is 1. The Hall–Kier alpha value is -0.860. The van der Waals surface area contributed by atoms with E-state index in [9.17, 15) is 0 Å². The molecule has 0 saturated heterocycles. The Labute approximate surface area is 103 Å². The van der Waals surface area contributed by atoms with E-state index in [2.05, 4.69) is 38.1 Å². The molecule has 17 heavy (non-hydrogen) atoms. The zero-order chi connectivity index (χ0) is 11.8. The van der Waals surface area contributed by atoms with E-state index in [0.29, 0.717) is 24.0 Å². The predicted molar refractivity (Wildman–Crippen MR) is 67.4 cm³/mol. The summed E-state index contributed by atoms with van der Waals surface area (Å²) >= 11 is 0. The average molecular weight is 232 g/mol. The van der Waals surface area contributed by atoms with Crippen LogP contribution in [0.1, 0.15) is 43.2 Å². The van der Waals surface area contributed by atoms with Crippen molar-refractivity contribution >= 4 is 0 Å². The predicted octanol–water partition coefficient (Wildman–Crippen LogP) is 3.08. The van der Waals surface area contributed by atoms with E-state index in [1.54, 1.807) is 0 Å². The van der Waals surface area contributed by atoms with Gasteiger partial charge in [-0.2, -0.15) is 0 Å². The van der Waals surface area contributed by atoms with Crippen molar-refractivity contribution in [2.24, 2.45) is 0 Å². The highest BCUT2D eigenvalue weighted by Gasteiger charge is 2.52. The molecular formula is C15H20O2. The summed E-state index contributed by atoms with van der Waals surface area (Å²) in [5.41, 5.74) is 2.95. The highest BCUT2D eigenvalue weighted by atomic mass is 16.5. The molecule has 0 aromatic heterocycles. The Kier molecular flexibility index (Phi) is 2.93. The maximum Gasteiger partial charge on any atom is 0.0737 e. The van der Waals surface area contributed by atoms with Crippen molar-refractivity contribution in [2.45, 2.75) is 44.3 Å². The molecule has 2 heteroatoms. The zero-order valence-corrected chi connectivity index (χ0v) is 10.6. The molecule has 1 fully saturated rings. The molecule has 1 saturated carbocycles. The van der Waals surface area contributed by atoms with Crippen molar-refractivity contribution in [3.63, 3.8) is 0 Å². The van der Waals surface area contributed by atoms with Crippen LogP contribution < -0.4 is 0 Å². The van der Waals surface area contributed by atoms with Crippen molar-refractivity contribution in [3.8, 4) is 0 Å². The van der Waals surface area contributed by atoms with Gasteiger partial charge in [0.05, 0.1) is 12.2 Å². The molecule has 1 aromatic rings. The molecule has 2 nitrogen and oxygen atoms in total. The van der Waals surface area contributed by atoms with Crippen LogP contribution in [0, 0.1) is 0 Å². The maximum atomic E-state index is 5.97. The number of ether oxygens (including phenoxy) is 2. The summed E-state index contributed by atoms with van der Waals surface area (Å²) in [6.45, 7) is 5.76. The second-order valence-electron chi connectivity index (χ2n) is 4.91. The lowest BCUT2D eigenvalue weighted by Crippen LogP contribution is -2.23. The quantitative estimate of drug-likeness (QED) is 0.794. The van der Waals surface area contributed by atoms with Crippen LogP contribution in [-0.2, 0) is 9.47 Å². The van der Waals surface area contributed by atoms with Crippen LogP contribution in [0.4, 0.5) is 0 Å². The standard InChI is InChI=1S/C15H20O2/c1-3-16-13-9-12-10-7-5-6-8-11(10)14(13)15(12)17-4-2/h5-8,12-15H,3-4,9H2,1-2H3/t12-,13+,14-,15-/m1/s1. The van der Waals surface area contributed by atoms with Gasteiger partial charge in [-0.25, -0.2) is 0 Å². The molecule has 0 amide bonds. The first kappa shape index (κ1) is 11.2. The normalized spacial score (nSPS) is 34.0. The molecule has 1 aromatic carbocycles. The van der Waals surface area contributed by atoms with Gasteiger partial charge in [-0.3, -0.25) is 0 Å². The van der Waals surface area contributed by atoms with E-state index in [1.165, 1.54) is 11.1 Å². The minimum absolute atomic E-state index is 0.342. The molecular weight excluding hydrogens is 212 g/mol. The highest BCUT2D eigenvalue weighted by Crippen LogP contribution is 2.55. The Morgan fingerprint density at radius 3 is 2.47 bits per heavy atom. The molecule has 0 spiro atoms. The lowest BCUT2D eigenvalue weighted by Gasteiger charge is -2.24. The first-order valence-corrected chi connectivity index (χ1v) is 6.68. The minimum Gasteiger partial charge on any atom is -0.378 e. The van der Waals surface area contributed by atoms with Crippen molar-refractivity contribution in [1.29, 1.82) is 0 Å². The number of fused-ring (bicyclic) bond motifs is 5. The van der Waals surface area contributed by atoms with E-state index in [0.717, 1.165) is 19.6 Å². The van der Waals surface area contributed by atoms with Gasteiger partial charge < -0.3 is 9.47 Å². The number of rotatable bonds is 4. The summed E-state index contributed by atoms with van der Waals surface area (Å²) < 4.78 is 11.9. The van der Waals surface area contributed by atoms with E-state index < -0.39 is 0 Å². The van der Waals surface area contributed by atoms with Crippen LogP contribution in [0.3, 0.4) is 0 Å². The van der Waals surface area contributed by atoms with E-state index in [4.69, 9.17) is 9.47 Å². The Balaban J connectivity index is 1.94. The van der Waals surface area contributed by atoms with E-state index in [1.807, 2.05) is 0 Å². The van der Waals surface area contributed by atoms with Crippen LogP contribution in [0.25, 0.3) is 0 Å². The summed E-state index contributed by atoms with van der Waals surface area (Å²) in [4.78, 5) is 0. The third-order valence-electron chi connectivity index (χ3n) is 4.13. The van der Waals surface area contributed by atoms with Gasteiger partial charge >= 0.3 is 0 Å². The first-order chi connectivity index (χ1) is 8.36. The summed E-state index contributed by atoms with van der Waals surface area (Å²) in [6, 6.07) is 8.77. The maximum absolute atomic E-state index is 5.97. The lowest BCUT2D eigenvalue weighted by atomic mass is 9.90. The van der Waals surface area contributed by atoms with Crippen LogP contribution >= 0.6 is 0 Å². The van der Waals surface area contributed by atoms with Crippen molar-refractivity contribution < 1.29 is 9.47 Å². The van der Waals surface area contributed by atoms with Gasteiger partial charge in [-0.15, -0.1) is 0 Å². The molecule has 0 N–H and O–H groups in total. The number of hydrogen-bond acceptors (Lipinski definition) is 2. The summed E-state index contributed by atoms with van der Waals surface area (Å²) in [6.07, 6.45) is 1.82. The molecule has 0 unspecified atom stereocenters. The third-order valence-corrected chi connectivity index (χ3v) is 4.13. The zero-order valence-electron chi connectivity index (χ0n) is 10.6. The van der Waals surface area contributed by atoms with Gasteiger partial charge in [0.2, 0.25) is 0 Å². The molecule has 0 radical (unpaired) electrons. The SMILES string of the molecule is CCO[C@H]1[C@@H]2c3ccccc3[C@H]1C[C@@H]2OCC. The molecule has 2 aliphatic carbocycles. The third kappa shape index (κ3) is 1.62.